The number of benzene rings is 3. The lowest BCUT2D eigenvalue weighted by Gasteiger charge is -2.17. The number of anilines is 1. The van der Waals surface area contributed by atoms with E-state index in [1.54, 1.807) is 24.0 Å². The zero-order valence-electron chi connectivity index (χ0n) is 15.8. The molecule has 28 heavy (non-hydrogen) atoms. The van der Waals surface area contributed by atoms with Crippen molar-refractivity contribution in [3.8, 4) is 11.1 Å². The summed E-state index contributed by atoms with van der Waals surface area (Å²) in [6.07, 6.45) is 0. The van der Waals surface area contributed by atoms with Crippen LogP contribution >= 0.6 is 0 Å². The molecule has 1 atom stereocenters. The predicted molar refractivity (Wildman–Crippen MR) is 110 cm³/mol. The molecule has 0 bridgehead atoms. The largest absolute Gasteiger partial charge is 0.481 e. The molecule has 0 spiro atoms. The highest BCUT2D eigenvalue weighted by Crippen LogP contribution is 2.32. The highest BCUT2D eigenvalue weighted by atomic mass is 16.4. The van der Waals surface area contributed by atoms with Crippen molar-refractivity contribution >= 4 is 17.6 Å². The van der Waals surface area contributed by atoms with Crippen molar-refractivity contribution in [1.29, 1.82) is 0 Å². The molecule has 1 aliphatic heterocycles. The summed E-state index contributed by atoms with van der Waals surface area (Å²) in [6, 6.07) is 21.5. The molecule has 0 fully saturated rings. The van der Waals surface area contributed by atoms with Crippen molar-refractivity contribution in [3.05, 3.63) is 89.0 Å². The molecule has 3 aromatic carbocycles. The van der Waals surface area contributed by atoms with E-state index < -0.39 is 11.9 Å². The van der Waals surface area contributed by atoms with Crippen LogP contribution in [0.1, 0.15) is 39.9 Å². The molecule has 0 saturated carbocycles. The van der Waals surface area contributed by atoms with Gasteiger partial charge in [0.1, 0.15) is 0 Å². The topological polar surface area (TPSA) is 57.6 Å². The fraction of sp³-hybridized carbons (Fsp3) is 0.167. The monoisotopic (exact) mass is 371 g/mol. The molecule has 4 heteroatoms. The third-order valence-electron chi connectivity index (χ3n) is 5.37. The third kappa shape index (κ3) is 3.18. The zero-order chi connectivity index (χ0) is 19.8. The van der Waals surface area contributed by atoms with Gasteiger partial charge in [0.25, 0.3) is 5.91 Å². The van der Waals surface area contributed by atoms with Gasteiger partial charge in [0.15, 0.2) is 0 Å². The lowest BCUT2D eigenvalue weighted by atomic mass is 10.00. The standard InChI is InChI=1S/C24H21NO3/c1-15-3-5-18(6-4-15)19-9-12-22-20(13-19)14-25(23(22)26)21-10-7-17(8-11-21)16(2)24(27)28/h3-13,16H,14H2,1-2H3,(H,27,28). The number of aliphatic carboxylic acids is 1. The first-order valence-electron chi connectivity index (χ1n) is 9.28. The quantitative estimate of drug-likeness (QED) is 0.701. The van der Waals surface area contributed by atoms with Crippen LogP contribution in [0.25, 0.3) is 11.1 Å². The summed E-state index contributed by atoms with van der Waals surface area (Å²) >= 11 is 0. The summed E-state index contributed by atoms with van der Waals surface area (Å²) in [4.78, 5) is 25.7. The van der Waals surface area contributed by atoms with Crippen molar-refractivity contribution in [1.82, 2.24) is 0 Å². The Morgan fingerprint density at radius 3 is 2.25 bits per heavy atom. The van der Waals surface area contributed by atoms with Crippen LogP contribution in [0.4, 0.5) is 5.69 Å². The van der Waals surface area contributed by atoms with Crippen LogP contribution in [0, 0.1) is 6.92 Å². The number of carboxylic acids is 1. The van der Waals surface area contributed by atoms with Crippen LogP contribution in [0.2, 0.25) is 0 Å². The van der Waals surface area contributed by atoms with E-state index in [0.29, 0.717) is 6.54 Å². The Kier molecular flexibility index (Phi) is 4.47. The van der Waals surface area contributed by atoms with Gasteiger partial charge in [-0.1, -0.05) is 48.0 Å². The van der Waals surface area contributed by atoms with Gasteiger partial charge in [-0.2, -0.15) is 0 Å². The summed E-state index contributed by atoms with van der Waals surface area (Å²) < 4.78 is 0. The molecular weight excluding hydrogens is 350 g/mol. The fourth-order valence-corrected chi connectivity index (χ4v) is 3.54. The van der Waals surface area contributed by atoms with E-state index in [0.717, 1.165) is 33.5 Å². The number of rotatable bonds is 4. The molecule has 4 nitrogen and oxygen atoms in total. The summed E-state index contributed by atoms with van der Waals surface area (Å²) in [5.41, 5.74) is 6.67. The minimum Gasteiger partial charge on any atom is -0.481 e. The molecule has 0 radical (unpaired) electrons. The number of carbonyl (C=O) groups excluding carboxylic acids is 1. The summed E-state index contributed by atoms with van der Waals surface area (Å²) in [5.74, 6) is -1.46. The maximum Gasteiger partial charge on any atom is 0.310 e. The molecule has 1 unspecified atom stereocenters. The number of fused-ring (bicyclic) bond motifs is 1. The minimum atomic E-state index is -0.860. The fourth-order valence-electron chi connectivity index (χ4n) is 3.54. The second kappa shape index (κ2) is 6.97. The average Bonchev–Trinajstić information content (AvgIpc) is 3.04. The first-order valence-corrected chi connectivity index (χ1v) is 9.28. The normalized spacial score (nSPS) is 14.1. The van der Waals surface area contributed by atoms with E-state index >= 15 is 0 Å². The maximum absolute atomic E-state index is 12.8. The Hall–Kier alpha value is -3.40. The Bertz CT molecular complexity index is 1050. The molecule has 1 heterocycles. The summed E-state index contributed by atoms with van der Waals surface area (Å²) in [5, 5.41) is 9.15. The summed E-state index contributed by atoms with van der Waals surface area (Å²) in [6.45, 7) is 4.23. The Morgan fingerprint density at radius 2 is 1.61 bits per heavy atom. The highest BCUT2D eigenvalue weighted by Gasteiger charge is 2.29. The smallest absolute Gasteiger partial charge is 0.310 e. The number of carboxylic acid groups (broad SMARTS) is 1. The Labute approximate surface area is 164 Å². The molecule has 1 amide bonds. The molecule has 1 aliphatic rings. The molecular formula is C24H21NO3. The number of hydrogen-bond acceptors (Lipinski definition) is 2. The lowest BCUT2D eigenvalue weighted by molar-refractivity contribution is -0.138. The van der Waals surface area contributed by atoms with Crippen LogP contribution in [-0.2, 0) is 11.3 Å². The van der Waals surface area contributed by atoms with Gasteiger partial charge in [0.05, 0.1) is 12.5 Å². The maximum atomic E-state index is 12.8. The molecule has 140 valence electrons. The molecule has 3 aromatic rings. The van der Waals surface area contributed by atoms with Gasteiger partial charge >= 0.3 is 5.97 Å². The summed E-state index contributed by atoms with van der Waals surface area (Å²) in [7, 11) is 0. The van der Waals surface area contributed by atoms with Gasteiger partial charge in [-0.15, -0.1) is 0 Å². The van der Waals surface area contributed by atoms with Gasteiger partial charge in [-0.25, -0.2) is 0 Å². The molecule has 0 aromatic heterocycles. The highest BCUT2D eigenvalue weighted by molar-refractivity contribution is 6.10. The van der Waals surface area contributed by atoms with Gasteiger partial charge in [0.2, 0.25) is 0 Å². The average molecular weight is 371 g/mol. The Balaban J connectivity index is 1.60. The van der Waals surface area contributed by atoms with Crippen molar-refractivity contribution in [3.63, 3.8) is 0 Å². The van der Waals surface area contributed by atoms with Gasteiger partial charge in [0, 0.05) is 11.3 Å². The van der Waals surface area contributed by atoms with Crippen LogP contribution in [0.15, 0.2) is 66.7 Å². The van der Waals surface area contributed by atoms with Crippen molar-refractivity contribution < 1.29 is 14.7 Å². The van der Waals surface area contributed by atoms with Crippen molar-refractivity contribution in [2.24, 2.45) is 0 Å². The molecule has 0 aliphatic carbocycles. The van der Waals surface area contributed by atoms with E-state index in [9.17, 15) is 9.59 Å². The number of carbonyl (C=O) groups is 2. The minimum absolute atomic E-state index is 0.0236. The van der Waals surface area contributed by atoms with Crippen LogP contribution < -0.4 is 4.90 Å². The van der Waals surface area contributed by atoms with E-state index in [1.165, 1.54) is 5.56 Å². The van der Waals surface area contributed by atoms with Gasteiger partial charge in [-0.05, 0) is 60.4 Å². The van der Waals surface area contributed by atoms with E-state index in [-0.39, 0.29) is 5.91 Å². The lowest BCUT2D eigenvalue weighted by Crippen LogP contribution is -2.23. The first kappa shape index (κ1) is 18.0. The van der Waals surface area contributed by atoms with Crippen LogP contribution in [0.5, 0.6) is 0 Å². The second-order valence-corrected chi connectivity index (χ2v) is 7.28. The number of amides is 1. The third-order valence-corrected chi connectivity index (χ3v) is 5.37. The molecule has 4 rings (SSSR count). The van der Waals surface area contributed by atoms with E-state index in [4.69, 9.17) is 5.11 Å². The zero-order valence-corrected chi connectivity index (χ0v) is 15.8. The van der Waals surface area contributed by atoms with Crippen molar-refractivity contribution in [2.75, 3.05) is 4.90 Å². The molecule has 0 saturated heterocycles. The van der Waals surface area contributed by atoms with Crippen LogP contribution in [0.3, 0.4) is 0 Å². The van der Waals surface area contributed by atoms with Gasteiger partial charge < -0.3 is 10.0 Å². The first-order chi connectivity index (χ1) is 13.4. The molecule has 1 N–H and O–H groups in total. The van der Waals surface area contributed by atoms with Gasteiger partial charge in [-0.3, -0.25) is 9.59 Å². The van der Waals surface area contributed by atoms with E-state index in [2.05, 4.69) is 37.3 Å². The number of aryl methyl sites for hydroxylation is 1. The number of hydrogen-bond donors (Lipinski definition) is 1. The Morgan fingerprint density at radius 1 is 0.964 bits per heavy atom. The van der Waals surface area contributed by atoms with E-state index in [1.807, 2.05) is 24.3 Å². The number of nitrogens with zero attached hydrogens (tertiary/aromatic N) is 1. The predicted octanol–water partition coefficient (Wildman–Crippen LogP) is 5.01. The van der Waals surface area contributed by atoms with Crippen LogP contribution in [-0.4, -0.2) is 17.0 Å². The van der Waals surface area contributed by atoms with Crippen molar-refractivity contribution in [2.45, 2.75) is 26.3 Å². The SMILES string of the molecule is Cc1ccc(-c2ccc3c(c2)CN(c2ccc(C(C)C(=O)O)cc2)C3=O)cc1. The second-order valence-electron chi connectivity index (χ2n) is 7.28.